The van der Waals surface area contributed by atoms with Crippen LogP contribution in [0.5, 0.6) is 5.75 Å². The van der Waals surface area contributed by atoms with Gasteiger partial charge in [-0.2, -0.15) is 13.2 Å². The molecular weight excluding hydrogens is 329 g/mol. The van der Waals surface area contributed by atoms with E-state index in [2.05, 4.69) is 0 Å². The fraction of sp³-hybridized carbons (Fsp3) is 0.125. The third kappa shape index (κ3) is 4.13. The molecule has 7 heteroatoms. The van der Waals surface area contributed by atoms with Crippen LogP contribution in [-0.2, 0) is 16.0 Å². The van der Waals surface area contributed by atoms with Crippen molar-refractivity contribution in [2.45, 2.75) is 11.1 Å². The predicted molar refractivity (Wildman–Crippen MR) is 80.7 cm³/mol. The van der Waals surface area contributed by atoms with Crippen LogP contribution in [0.2, 0.25) is 0 Å². The van der Waals surface area contributed by atoms with Gasteiger partial charge < -0.3 is 4.74 Å². The van der Waals surface area contributed by atoms with Crippen LogP contribution in [0.4, 0.5) is 13.2 Å². The van der Waals surface area contributed by atoms with Gasteiger partial charge >= 0.3 is 6.18 Å². The van der Waals surface area contributed by atoms with Gasteiger partial charge in [-0.1, -0.05) is 24.3 Å². The van der Waals surface area contributed by atoms with Gasteiger partial charge in [0, 0.05) is 5.41 Å². The summed E-state index contributed by atoms with van der Waals surface area (Å²) in [6.07, 6.45) is -3.36. The molecule has 0 radical (unpaired) electrons. The fourth-order valence-electron chi connectivity index (χ4n) is 1.91. The molecule has 3 nitrogen and oxygen atoms in total. The first-order chi connectivity index (χ1) is 10.7. The smallest absolute Gasteiger partial charge is 0.416 e. The molecule has 23 heavy (non-hydrogen) atoms. The molecule has 2 aromatic rings. The SMILES string of the molecule is COc1ccccc1S(=O)(=O)/C=C/c1cccc(C(F)(F)F)c1. The number of benzene rings is 2. The highest BCUT2D eigenvalue weighted by atomic mass is 32.2. The lowest BCUT2D eigenvalue weighted by molar-refractivity contribution is -0.137. The average Bonchev–Trinajstić information content (AvgIpc) is 2.52. The van der Waals surface area contributed by atoms with E-state index in [9.17, 15) is 21.6 Å². The van der Waals surface area contributed by atoms with Crippen molar-refractivity contribution in [3.05, 3.63) is 65.1 Å². The van der Waals surface area contributed by atoms with Crippen molar-refractivity contribution < 1.29 is 26.3 Å². The minimum absolute atomic E-state index is 0.0503. The highest BCUT2D eigenvalue weighted by Gasteiger charge is 2.30. The maximum atomic E-state index is 12.6. The normalized spacial score (nSPS) is 12.5. The summed E-state index contributed by atoms with van der Waals surface area (Å²) in [6.45, 7) is 0. The molecule has 0 bridgehead atoms. The Morgan fingerprint density at radius 2 is 1.74 bits per heavy atom. The first kappa shape index (κ1) is 17.1. The zero-order valence-electron chi connectivity index (χ0n) is 12.0. The number of ether oxygens (including phenoxy) is 1. The summed E-state index contributed by atoms with van der Waals surface area (Å²) in [5, 5.41) is 0.861. The molecule has 0 spiro atoms. The molecule has 0 atom stereocenters. The lowest BCUT2D eigenvalue weighted by Gasteiger charge is -2.07. The van der Waals surface area contributed by atoms with Crippen molar-refractivity contribution in [3.63, 3.8) is 0 Å². The van der Waals surface area contributed by atoms with E-state index in [4.69, 9.17) is 4.74 Å². The zero-order chi connectivity index (χ0) is 17.1. The van der Waals surface area contributed by atoms with Crippen molar-refractivity contribution in [3.8, 4) is 5.75 Å². The molecule has 0 aliphatic rings. The number of sulfone groups is 1. The number of methoxy groups -OCH3 is 1. The Bertz CT molecular complexity index is 824. The molecule has 2 rings (SSSR count). The molecule has 122 valence electrons. The summed E-state index contributed by atoms with van der Waals surface area (Å²) in [5.41, 5.74) is -0.701. The molecule has 0 aliphatic carbocycles. The molecule has 0 aromatic heterocycles. The van der Waals surface area contributed by atoms with E-state index in [0.29, 0.717) is 0 Å². The second kappa shape index (κ2) is 6.45. The van der Waals surface area contributed by atoms with Crippen LogP contribution in [0.1, 0.15) is 11.1 Å². The van der Waals surface area contributed by atoms with E-state index in [1.807, 2.05) is 0 Å². The quantitative estimate of drug-likeness (QED) is 0.838. The number of alkyl halides is 3. The van der Waals surface area contributed by atoms with Crippen molar-refractivity contribution >= 4 is 15.9 Å². The summed E-state index contributed by atoms with van der Waals surface area (Å²) in [4.78, 5) is -0.0503. The molecule has 0 amide bonds. The van der Waals surface area contributed by atoms with Gasteiger partial charge in [0.15, 0.2) is 0 Å². The standard InChI is InChI=1S/C16H13F3O3S/c1-22-14-7-2-3-8-15(14)23(20,21)10-9-12-5-4-6-13(11-12)16(17,18)19/h2-11H,1H3/b10-9+. The molecule has 0 saturated heterocycles. The van der Waals surface area contributed by atoms with E-state index in [1.165, 1.54) is 37.4 Å². The Labute approximate surface area is 131 Å². The van der Waals surface area contributed by atoms with Crippen LogP contribution in [0.15, 0.2) is 58.8 Å². The van der Waals surface area contributed by atoms with Gasteiger partial charge in [-0.25, -0.2) is 8.42 Å². The minimum Gasteiger partial charge on any atom is -0.495 e. The first-order valence-electron chi connectivity index (χ1n) is 6.47. The second-order valence-electron chi connectivity index (χ2n) is 4.62. The number of rotatable bonds is 4. The summed E-state index contributed by atoms with van der Waals surface area (Å²) < 4.78 is 67.5. The molecule has 2 aromatic carbocycles. The Hall–Kier alpha value is -2.28. The van der Waals surface area contributed by atoms with Gasteiger partial charge in [-0.15, -0.1) is 0 Å². The Morgan fingerprint density at radius 3 is 2.39 bits per heavy atom. The monoisotopic (exact) mass is 342 g/mol. The van der Waals surface area contributed by atoms with E-state index in [-0.39, 0.29) is 16.2 Å². The second-order valence-corrected chi connectivity index (χ2v) is 6.42. The fourth-order valence-corrected chi connectivity index (χ4v) is 3.10. The third-order valence-corrected chi connectivity index (χ3v) is 4.47. The first-order valence-corrected chi connectivity index (χ1v) is 8.02. The average molecular weight is 342 g/mol. The zero-order valence-corrected chi connectivity index (χ0v) is 12.9. The van der Waals surface area contributed by atoms with E-state index >= 15 is 0 Å². The summed E-state index contributed by atoms with van der Waals surface area (Å²) in [7, 11) is -2.50. The highest BCUT2D eigenvalue weighted by molar-refractivity contribution is 7.94. The Kier molecular flexibility index (Phi) is 4.79. The summed E-state index contributed by atoms with van der Waals surface area (Å²) in [5.74, 6) is 0.168. The van der Waals surface area contributed by atoms with E-state index in [1.54, 1.807) is 6.07 Å². The maximum Gasteiger partial charge on any atom is 0.416 e. The van der Waals surface area contributed by atoms with Crippen LogP contribution in [0.25, 0.3) is 6.08 Å². The predicted octanol–water partition coefficient (Wildman–Crippen LogP) is 4.16. The van der Waals surface area contributed by atoms with Gasteiger partial charge in [-0.3, -0.25) is 0 Å². The van der Waals surface area contributed by atoms with Crippen LogP contribution in [-0.4, -0.2) is 15.5 Å². The van der Waals surface area contributed by atoms with Crippen LogP contribution >= 0.6 is 0 Å². The molecular formula is C16H13F3O3S. The van der Waals surface area contributed by atoms with Crippen molar-refractivity contribution in [1.29, 1.82) is 0 Å². The number of hydrogen-bond donors (Lipinski definition) is 0. The lowest BCUT2D eigenvalue weighted by Crippen LogP contribution is -2.04. The van der Waals surface area contributed by atoms with Crippen LogP contribution in [0, 0.1) is 0 Å². The summed E-state index contributed by atoms with van der Waals surface area (Å²) >= 11 is 0. The molecule has 0 unspecified atom stereocenters. The number of halogens is 3. The Morgan fingerprint density at radius 1 is 1.04 bits per heavy atom. The van der Waals surface area contributed by atoms with Gasteiger partial charge in [0.25, 0.3) is 0 Å². The van der Waals surface area contributed by atoms with Crippen LogP contribution < -0.4 is 4.74 Å². The highest BCUT2D eigenvalue weighted by Crippen LogP contribution is 2.30. The molecule has 0 fully saturated rings. The molecule has 0 saturated carbocycles. The topological polar surface area (TPSA) is 43.4 Å². The van der Waals surface area contributed by atoms with Crippen LogP contribution in [0.3, 0.4) is 0 Å². The molecule has 0 heterocycles. The summed E-state index contributed by atoms with van der Waals surface area (Å²) in [6, 6.07) is 10.4. The van der Waals surface area contributed by atoms with E-state index in [0.717, 1.165) is 23.6 Å². The minimum atomic E-state index is -4.48. The number of para-hydroxylation sites is 1. The Balaban J connectivity index is 2.36. The van der Waals surface area contributed by atoms with Gasteiger partial charge in [0.2, 0.25) is 9.84 Å². The molecule has 0 N–H and O–H groups in total. The van der Waals surface area contributed by atoms with Crippen molar-refractivity contribution in [2.24, 2.45) is 0 Å². The maximum absolute atomic E-state index is 12.6. The van der Waals surface area contributed by atoms with Crippen molar-refractivity contribution in [2.75, 3.05) is 7.11 Å². The van der Waals surface area contributed by atoms with E-state index < -0.39 is 21.6 Å². The lowest BCUT2D eigenvalue weighted by atomic mass is 10.1. The largest absolute Gasteiger partial charge is 0.495 e. The third-order valence-electron chi connectivity index (χ3n) is 3.03. The van der Waals surface area contributed by atoms with Gasteiger partial charge in [0.1, 0.15) is 10.6 Å². The number of hydrogen-bond acceptors (Lipinski definition) is 3. The van der Waals surface area contributed by atoms with Crippen molar-refractivity contribution in [1.82, 2.24) is 0 Å². The van der Waals surface area contributed by atoms with Gasteiger partial charge in [-0.05, 0) is 35.9 Å². The van der Waals surface area contributed by atoms with Gasteiger partial charge in [0.05, 0.1) is 12.7 Å². The molecule has 0 aliphatic heterocycles.